The molecule has 0 rings (SSSR count). The van der Waals surface area contributed by atoms with Crippen LogP contribution in [-0.2, 0) is 23.9 Å². The van der Waals surface area contributed by atoms with Gasteiger partial charge in [0.15, 0.2) is 0 Å². The smallest absolute Gasteiger partial charge is 0.339 e. The van der Waals surface area contributed by atoms with E-state index in [9.17, 15) is 24.3 Å². The normalized spacial score (nSPS) is 10.5. The van der Waals surface area contributed by atoms with Gasteiger partial charge in [-0.25, -0.2) is 11.5 Å². The van der Waals surface area contributed by atoms with Gasteiger partial charge in [0.25, 0.3) is 0 Å². The number of nitrogens with one attached hydrogen (secondary N) is 6. The lowest BCUT2D eigenvalue weighted by molar-refractivity contribution is -0.227. The van der Waals surface area contributed by atoms with Crippen molar-refractivity contribution in [2.45, 2.75) is 18.9 Å². The van der Waals surface area contributed by atoms with Crippen molar-refractivity contribution in [2.24, 2.45) is 0 Å². The van der Waals surface area contributed by atoms with Gasteiger partial charge in [-0.05, 0) is 0 Å². The highest BCUT2D eigenvalue weighted by Crippen LogP contribution is 1.98. The maximum absolute atomic E-state index is 11.5. The van der Waals surface area contributed by atoms with Crippen LogP contribution in [0.3, 0.4) is 0 Å². The molecule has 0 saturated heterocycles. The maximum atomic E-state index is 11.5. The molecule has 22 heavy (non-hydrogen) atoms. The van der Waals surface area contributed by atoms with Gasteiger partial charge in [-0.1, -0.05) is 0 Å². The van der Waals surface area contributed by atoms with Crippen LogP contribution in [0.15, 0.2) is 0 Å². The van der Waals surface area contributed by atoms with E-state index < -0.39 is 55.8 Å². The minimum Gasteiger partial charge on any atom is -0.342 e. The van der Waals surface area contributed by atoms with Crippen molar-refractivity contribution in [3.8, 4) is 0 Å². The first-order valence-corrected chi connectivity index (χ1v) is 5.98. The van der Waals surface area contributed by atoms with E-state index >= 15 is 0 Å². The fourth-order valence-electron chi connectivity index (χ4n) is 1.21. The Kier molecular flexibility index (Phi) is 8.62. The van der Waals surface area contributed by atoms with Crippen LogP contribution < -0.4 is 32.7 Å². The van der Waals surface area contributed by atoms with E-state index in [1.165, 1.54) is 0 Å². The molecule has 0 unspecified atom stereocenters. The number of hydrogen-bond acceptors (Lipinski definition) is 6. The Bertz CT molecular complexity index is 394. The zero-order valence-corrected chi connectivity index (χ0v) is 11.8. The first-order valence-electron chi connectivity index (χ1n) is 5.98. The fourth-order valence-corrected chi connectivity index (χ4v) is 1.21. The molecule has 0 aliphatic heterocycles. The molecule has 0 saturated carbocycles. The van der Waals surface area contributed by atoms with Crippen LogP contribution in [-0.4, -0.2) is 55.2 Å². The number of ether oxygens (including phenoxy) is 1. The van der Waals surface area contributed by atoms with Gasteiger partial charge in [-0.3, -0.25) is 29.8 Å². The molecule has 0 bridgehead atoms. The minimum atomic E-state index is -2.60. The van der Waals surface area contributed by atoms with Gasteiger partial charge in [0, 0.05) is 7.11 Å². The number of hydrogen-bond donors (Lipinski definition) is 5. The molecule has 0 aliphatic rings. The third-order valence-electron chi connectivity index (χ3n) is 2.13. The molecule has 0 spiro atoms. The SMILES string of the molecule is COC(O)(NC(=O)CC(=O)NC[NH])NC(=O)CC(=O)NC[NH]. The van der Waals surface area contributed by atoms with E-state index in [0.717, 1.165) is 7.11 Å². The van der Waals surface area contributed by atoms with Crippen LogP contribution in [0.1, 0.15) is 12.8 Å². The van der Waals surface area contributed by atoms with Gasteiger partial charge in [0.2, 0.25) is 23.6 Å². The van der Waals surface area contributed by atoms with Crippen molar-refractivity contribution in [3.05, 3.63) is 0 Å². The van der Waals surface area contributed by atoms with Crippen molar-refractivity contribution in [1.82, 2.24) is 32.7 Å². The zero-order chi connectivity index (χ0) is 17.2. The van der Waals surface area contributed by atoms with Crippen LogP contribution in [0.25, 0.3) is 0 Å². The molecule has 0 atom stereocenters. The first kappa shape index (κ1) is 19.7. The Morgan fingerprint density at radius 1 is 0.909 bits per heavy atom. The summed E-state index contributed by atoms with van der Waals surface area (Å²) in [6, 6.07) is -2.60. The third kappa shape index (κ3) is 8.11. The van der Waals surface area contributed by atoms with Crippen molar-refractivity contribution in [2.75, 3.05) is 20.4 Å². The molecule has 0 aliphatic carbocycles. The van der Waals surface area contributed by atoms with Crippen molar-refractivity contribution >= 4 is 23.6 Å². The Morgan fingerprint density at radius 2 is 1.27 bits per heavy atom. The Hall–Kier alpha value is -2.28. The second-order valence-corrected chi connectivity index (χ2v) is 3.85. The molecule has 12 heteroatoms. The quantitative estimate of drug-likeness (QED) is 0.212. The summed E-state index contributed by atoms with van der Waals surface area (Å²) in [7, 11) is 0.967. The topological polar surface area (TPSA) is 193 Å². The molecule has 2 radical (unpaired) electrons. The highest BCUT2D eigenvalue weighted by molar-refractivity contribution is 5.98. The summed E-state index contributed by atoms with van der Waals surface area (Å²) in [6.45, 7) is -0.828. The molecule has 12 nitrogen and oxygen atoms in total. The molecular weight excluding hydrogens is 300 g/mol. The summed E-state index contributed by atoms with van der Waals surface area (Å²) in [4.78, 5) is 45.2. The molecule has 0 aromatic heterocycles. The second kappa shape index (κ2) is 9.62. The third-order valence-corrected chi connectivity index (χ3v) is 2.13. The summed E-state index contributed by atoms with van der Waals surface area (Å²) in [5, 5.41) is 17.6. The summed E-state index contributed by atoms with van der Waals surface area (Å²) in [5.41, 5.74) is 13.5. The Labute approximate surface area is 125 Å². The first-order chi connectivity index (χ1) is 10.3. The predicted octanol–water partition coefficient (Wildman–Crippen LogP) is -4.04. The van der Waals surface area contributed by atoms with Crippen LogP contribution in [0.4, 0.5) is 0 Å². The van der Waals surface area contributed by atoms with E-state index in [-0.39, 0.29) is 0 Å². The summed E-state index contributed by atoms with van der Waals surface area (Å²) < 4.78 is 4.52. The van der Waals surface area contributed by atoms with E-state index in [4.69, 9.17) is 11.5 Å². The van der Waals surface area contributed by atoms with Crippen molar-refractivity contribution < 1.29 is 29.0 Å². The average molecular weight is 318 g/mol. The highest BCUT2D eigenvalue weighted by atomic mass is 16.7. The lowest BCUT2D eigenvalue weighted by atomic mass is 10.3. The fraction of sp³-hybridized carbons (Fsp3) is 0.600. The lowest BCUT2D eigenvalue weighted by Gasteiger charge is -2.27. The Balaban J connectivity index is 4.50. The average Bonchev–Trinajstić information content (AvgIpc) is 2.38. The van der Waals surface area contributed by atoms with Gasteiger partial charge >= 0.3 is 6.03 Å². The molecular formula is C10H18N6O6. The predicted molar refractivity (Wildman–Crippen MR) is 69.7 cm³/mol. The van der Waals surface area contributed by atoms with Crippen molar-refractivity contribution in [1.29, 1.82) is 0 Å². The van der Waals surface area contributed by atoms with Gasteiger partial charge in [-0.2, -0.15) is 0 Å². The van der Waals surface area contributed by atoms with Crippen LogP contribution in [0.5, 0.6) is 0 Å². The molecule has 4 amide bonds. The molecule has 7 N–H and O–H groups in total. The highest BCUT2D eigenvalue weighted by Gasteiger charge is 2.32. The largest absolute Gasteiger partial charge is 0.342 e. The number of carbonyl (C=O) groups is 4. The number of carbonyl (C=O) groups excluding carboxylic acids is 4. The van der Waals surface area contributed by atoms with Gasteiger partial charge in [0.1, 0.15) is 12.8 Å². The molecule has 0 fully saturated rings. The minimum absolute atomic E-state index is 0.414. The Morgan fingerprint density at radius 3 is 1.55 bits per heavy atom. The standard InChI is InChI=1S/C10H18N6O6/c1-22-10(21,15-8(19)2-6(17)13-4-11)16-9(20)3-7(18)14-5-12/h11-12,21H,2-5H2,1H3,(H,13,17)(H,14,18)(H,15,19)(H,16,20). The number of amides is 4. The molecule has 0 heterocycles. The molecule has 124 valence electrons. The van der Waals surface area contributed by atoms with Crippen LogP contribution >= 0.6 is 0 Å². The zero-order valence-electron chi connectivity index (χ0n) is 11.8. The lowest BCUT2D eigenvalue weighted by Crippen LogP contribution is -2.62. The monoisotopic (exact) mass is 318 g/mol. The number of rotatable bonds is 9. The summed E-state index contributed by atoms with van der Waals surface area (Å²) in [5.74, 6) is -3.48. The number of methoxy groups -OCH3 is 1. The number of aliphatic hydroxyl groups is 1. The summed E-state index contributed by atoms with van der Waals surface area (Å²) in [6.07, 6.45) is -1.39. The van der Waals surface area contributed by atoms with E-state index in [1.54, 1.807) is 0 Å². The van der Waals surface area contributed by atoms with Gasteiger partial charge in [-0.15, -0.1) is 0 Å². The maximum Gasteiger partial charge on any atom is 0.339 e. The van der Waals surface area contributed by atoms with Gasteiger partial charge in [0.05, 0.1) is 13.3 Å². The van der Waals surface area contributed by atoms with Crippen LogP contribution in [0, 0.1) is 0 Å². The molecule has 0 aromatic carbocycles. The van der Waals surface area contributed by atoms with Gasteiger partial charge < -0.3 is 20.5 Å². The van der Waals surface area contributed by atoms with E-state index in [0.29, 0.717) is 0 Å². The molecule has 0 aromatic rings. The van der Waals surface area contributed by atoms with E-state index in [1.807, 2.05) is 21.3 Å². The van der Waals surface area contributed by atoms with E-state index in [2.05, 4.69) is 4.74 Å². The van der Waals surface area contributed by atoms with Crippen molar-refractivity contribution in [3.63, 3.8) is 0 Å². The second-order valence-electron chi connectivity index (χ2n) is 3.85. The van der Waals surface area contributed by atoms with Crippen LogP contribution in [0.2, 0.25) is 0 Å². The summed E-state index contributed by atoms with van der Waals surface area (Å²) >= 11 is 0.